The van der Waals surface area contributed by atoms with E-state index in [1.807, 2.05) is 47.5 Å². The van der Waals surface area contributed by atoms with Crippen LogP contribution in [-0.4, -0.2) is 36.5 Å². The number of thiophene rings is 1. The van der Waals surface area contributed by atoms with E-state index in [-0.39, 0.29) is 12.5 Å². The summed E-state index contributed by atoms with van der Waals surface area (Å²) in [6, 6.07) is 9.95. The second-order valence-electron chi connectivity index (χ2n) is 7.35. The lowest BCUT2D eigenvalue weighted by Gasteiger charge is -2.34. The first-order valence-corrected chi connectivity index (χ1v) is 9.91. The van der Waals surface area contributed by atoms with Gasteiger partial charge in [0.15, 0.2) is 6.61 Å². The summed E-state index contributed by atoms with van der Waals surface area (Å²) in [5.41, 5.74) is 3.00. The second kappa shape index (κ2) is 8.04. The molecule has 4 nitrogen and oxygen atoms in total. The van der Waals surface area contributed by atoms with Crippen molar-refractivity contribution < 1.29 is 14.3 Å². The van der Waals surface area contributed by atoms with E-state index in [9.17, 15) is 9.59 Å². The van der Waals surface area contributed by atoms with Crippen molar-refractivity contribution in [3.05, 3.63) is 46.2 Å². The lowest BCUT2D eigenvalue weighted by Crippen LogP contribution is -2.44. The first-order valence-electron chi connectivity index (χ1n) is 9.03. The highest BCUT2D eigenvalue weighted by Gasteiger charge is 2.26. The quantitative estimate of drug-likeness (QED) is 0.749. The minimum Gasteiger partial charge on any atom is -0.451 e. The van der Waals surface area contributed by atoms with Crippen molar-refractivity contribution >= 4 is 23.2 Å². The standard InChI is InChI=1S/C21H25NO3S/c1-14-4-6-17(7-5-14)18-8-9-26-20(18)21(24)25-13-19(23)22-11-15(2)10-16(3)12-22/h4-9,15-16H,10-13H2,1-3H3/t15-,16-/m1/s1. The molecule has 0 aliphatic carbocycles. The van der Waals surface area contributed by atoms with Gasteiger partial charge in [0.05, 0.1) is 0 Å². The molecule has 1 fully saturated rings. The Bertz CT molecular complexity index is 771. The third kappa shape index (κ3) is 4.33. The van der Waals surface area contributed by atoms with E-state index in [1.54, 1.807) is 0 Å². The Labute approximate surface area is 158 Å². The molecule has 2 heterocycles. The molecule has 3 rings (SSSR count). The minimum absolute atomic E-state index is 0.106. The van der Waals surface area contributed by atoms with Crippen molar-refractivity contribution in [1.82, 2.24) is 4.90 Å². The predicted molar refractivity (Wildman–Crippen MR) is 104 cm³/mol. The summed E-state index contributed by atoms with van der Waals surface area (Å²) in [6.45, 7) is 7.63. The van der Waals surface area contributed by atoms with Crippen LogP contribution in [0.15, 0.2) is 35.7 Å². The molecule has 26 heavy (non-hydrogen) atoms. The summed E-state index contributed by atoms with van der Waals surface area (Å²) in [7, 11) is 0. The van der Waals surface area contributed by atoms with Gasteiger partial charge in [-0.3, -0.25) is 4.79 Å². The third-order valence-electron chi connectivity index (χ3n) is 4.76. The maximum absolute atomic E-state index is 12.5. The van der Waals surface area contributed by atoms with Gasteiger partial charge in [-0.2, -0.15) is 0 Å². The van der Waals surface area contributed by atoms with Gasteiger partial charge in [-0.25, -0.2) is 4.79 Å². The normalized spacial score (nSPS) is 20.0. The van der Waals surface area contributed by atoms with Gasteiger partial charge in [0, 0.05) is 18.7 Å². The van der Waals surface area contributed by atoms with Gasteiger partial charge in [-0.15, -0.1) is 11.3 Å². The molecule has 2 aromatic rings. The number of aryl methyl sites for hydroxylation is 1. The van der Waals surface area contributed by atoms with E-state index in [1.165, 1.54) is 16.9 Å². The number of hydrogen-bond acceptors (Lipinski definition) is 4. The lowest BCUT2D eigenvalue weighted by atomic mass is 9.92. The summed E-state index contributed by atoms with van der Waals surface area (Å²) in [6.07, 6.45) is 1.14. The van der Waals surface area contributed by atoms with E-state index in [0.29, 0.717) is 16.7 Å². The van der Waals surface area contributed by atoms with Crippen LogP contribution in [0.25, 0.3) is 11.1 Å². The molecule has 1 aliphatic rings. The fraction of sp³-hybridized carbons (Fsp3) is 0.429. The number of nitrogens with zero attached hydrogens (tertiary/aromatic N) is 1. The summed E-state index contributed by atoms with van der Waals surface area (Å²) in [4.78, 5) is 27.3. The number of esters is 1. The summed E-state index contributed by atoms with van der Waals surface area (Å²) >= 11 is 1.35. The maximum atomic E-state index is 12.5. The molecule has 0 radical (unpaired) electrons. The highest BCUT2D eigenvalue weighted by Crippen LogP contribution is 2.29. The molecule has 1 aromatic carbocycles. The highest BCUT2D eigenvalue weighted by atomic mass is 32.1. The maximum Gasteiger partial charge on any atom is 0.349 e. The number of hydrogen-bond donors (Lipinski definition) is 0. The van der Waals surface area contributed by atoms with Crippen molar-refractivity contribution in [1.29, 1.82) is 0 Å². The average molecular weight is 372 g/mol. The number of amides is 1. The summed E-state index contributed by atoms with van der Waals surface area (Å²) in [5.74, 6) is 0.444. The van der Waals surface area contributed by atoms with Crippen molar-refractivity contribution in [2.75, 3.05) is 19.7 Å². The van der Waals surface area contributed by atoms with Crippen LogP contribution >= 0.6 is 11.3 Å². The first-order chi connectivity index (χ1) is 12.4. The van der Waals surface area contributed by atoms with Crippen molar-refractivity contribution in [2.45, 2.75) is 27.2 Å². The fourth-order valence-corrected chi connectivity index (χ4v) is 4.39. The van der Waals surface area contributed by atoms with Crippen LogP contribution in [0.3, 0.4) is 0 Å². The Kier molecular flexibility index (Phi) is 5.77. The van der Waals surface area contributed by atoms with Gasteiger partial charge >= 0.3 is 5.97 Å². The topological polar surface area (TPSA) is 46.6 Å². The zero-order valence-electron chi connectivity index (χ0n) is 15.5. The summed E-state index contributed by atoms with van der Waals surface area (Å²) < 4.78 is 5.34. The third-order valence-corrected chi connectivity index (χ3v) is 5.66. The van der Waals surface area contributed by atoms with Crippen LogP contribution in [0, 0.1) is 18.8 Å². The largest absolute Gasteiger partial charge is 0.451 e. The van der Waals surface area contributed by atoms with E-state index < -0.39 is 5.97 Å². The molecule has 0 unspecified atom stereocenters. The Balaban J connectivity index is 1.63. The molecule has 2 atom stereocenters. The van der Waals surface area contributed by atoms with Crippen molar-refractivity contribution in [2.24, 2.45) is 11.8 Å². The van der Waals surface area contributed by atoms with Crippen LogP contribution < -0.4 is 0 Å². The van der Waals surface area contributed by atoms with Gasteiger partial charge in [0.2, 0.25) is 0 Å². The zero-order valence-corrected chi connectivity index (χ0v) is 16.3. The van der Waals surface area contributed by atoms with Crippen LogP contribution in [-0.2, 0) is 9.53 Å². The monoisotopic (exact) mass is 371 g/mol. The van der Waals surface area contributed by atoms with E-state index in [4.69, 9.17) is 4.74 Å². The Morgan fingerprint density at radius 1 is 1.12 bits per heavy atom. The van der Waals surface area contributed by atoms with Gasteiger partial charge in [-0.1, -0.05) is 43.7 Å². The first kappa shape index (κ1) is 18.6. The second-order valence-corrected chi connectivity index (χ2v) is 8.27. The number of carbonyl (C=O) groups is 2. The molecule has 0 saturated carbocycles. The van der Waals surface area contributed by atoms with Crippen LogP contribution in [0.1, 0.15) is 35.5 Å². The molecule has 1 aliphatic heterocycles. The molecular weight excluding hydrogens is 346 g/mol. The van der Waals surface area contributed by atoms with Gasteiger partial charge in [0.1, 0.15) is 4.88 Å². The number of ether oxygens (including phenoxy) is 1. The number of rotatable bonds is 4. The smallest absolute Gasteiger partial charge is 0.349 e. The van der Waals surface area contributed by atoms with Gasteiger partial charge in [0.25, 0.3) is 5.91 Å². The molecule has 0 N–H and O–H groups in total. The molecular formula is C21H25NO3S. The van der Waals surface area contributed by atoms with Crippen LogP contribution in [0.5, 0.6) is 0 Å². The van der Waals surface area contributed by atoms with Gasteiger partial charge < -0.3 is 9.64 Å². The zero-order chi connectivity index (χ0) is 18.7. The average Bonchev–Trinajstić information content (AvgIpc) is 3.09. The van der Waals surface area contributed by atoms with E-state index >= 15 is 0 Å². The number of benzene rings is 1. The Morgan fingerprint density at radius 3 is 2.42 bits per heavy atom. The van der Waals surface area contributed by atoms with Gasteiger partial charge in [-0.05, 0) is 42.2 Å². The molecule has 0 bridgehead atoms. The SMILES string of the molecule is Cc1ccc(-c2ccsc2C(=O)OCC(=O)N2C[C@H](C)C[C@@H](C)C2)cc1. The minimum atomic E-state index is -0.429. The van der Waals surface area contributed by atoms with E-state index in [0.717, 1.165) is 30.6 Å². The number of piperidine rings is 1. The Hall–Kier alpha value is -2.14. The molecule has 1 aromatic heterocycles. The molecule has 1 amide bonds. The van der Waals surface area contributed by atoms with Crippen LogP contribution in [0.4, 0.5) is 0 Å². The molecule has 138 valence electrons. The van der Waals surface area contributed by atoms with Crippen LogP contribution in [0.2, 0.25) is 0 Å². The highest BCUT2D eigenvalue weighted by molar-refractivity contribution is 7.12. The molecule has 5 heteroatoms. The Morgan fingerprint density at radius 2 is 1.77 bits per heavy atom. The fourth-order valence-electron chi connectivity index (χ4n) is 3.58. The van der Waals surface area contributed by atoms with Crippen molar-refractivity contribution in [3.8, 4) is 11.1 Å². The summed E-state index contributed by atoms with van der Waals surface area (Å²) in [5, 5.41) is 1.88. The van der Waals surface area contributed by atoms with E-state index in [2.05, 4.69) is 13.8 Å². The number of likely N-dealkylation sites (tertiary alicyclic amines) is 1. The lowest BCUT2D eigenvalue weighted by molar-refractivity contribution is -0.137. The predicted octanol–water partition coefficient (Wildman–Crippen LogP) is 4.38. The molecule has 0 spiro atoms. The number of carbonyl (C=O) groups excluding carboxylic acids is 2. The molecule has 1 saturated heterocycles. The van der Waals surface area contributed by atoms with Crippen molar-refractivity contribution in [3.63, 3.8) is 0 Å².